The lowest BCUT2D eigenvalue weighted by atomic mass is 10.0. The van der Waals surface area contributed by atoms with Crippen molar-refractivity contribution < 1.29 is 9.53 Å². The topological polar surface area (TPSA) is 64.1 Å². The first-order valence-corrected chi connectivity index (χ1v) is 10.2. The lowest BCUT2D eigenvalue weighted by Crippen LogP contribution is -2.11. The van der Waals surface area contributed by atoms with E-state index in [1.54, 1.807) is 24.5 Å². The van der Waals surface area contributed by atoms with Crippen molar-refractivity contribution >= 4 is 11.6 Å². The Balaban J connectivity index is 1.41. The number of aromatic nitrogens is 2. The summed E-state index contributed by atoms with van der Waals surface area (Å²) in [6, 6.07) is 25.0. The molecule has 4 rings (SSSR count). The summed E-state index contributed by atoms with van der Waals surface area (Å²) in [6.45, 7) is 4.29. The predicted octanol–water partition coefficient (Wildman–Crippen LogP) is 6.31. The average molecular weight is 409 g/mol. The fourth-order valence-electron chi connectivity index (χ4n) is 3.08. The van der Waals surface area contributed by atoms with Gasteiger partial charge in [0.25, 0.3) is 5.91 Å². The van der Waals surface area contributed by atoms with Crippen LogP contribution in [-0.2, 0) is 0 Å². The number of carbonyl (C=O) groups is 1. The molecule has 1 heterocycles. The van der Waals surface area contributed by atoms with Crippen LogP contribution in [0.4, 0.5) is 5.69 Å². The molecule has 0 radical (unpaired) electrons. The van der Waals surface area contributed by atoms with E-state index >= 15 is 0 Å². The first kappa shape index (κ1) is 20.3. The molecule has 154 valence electrons. The normalized spacial score (nSPS) is 10.7. The van der Waals surface area contributed by atoms with Gasteiger partial charge in [0.1, 0.15) is 5.75 Å². The van der Waals surface area contributed by atoms with Crippen molar-refractivity contribution in [1.29, 1.82) is 0 Å². The molecule has 5 heteroatoms. The van der Waals surface area contributed by atoms with Crippen LogP contribution in [-0.4, -0.2) is 15.9 Å². The van der Waals surface area contributed by atoms with Crippen molar-refractivity contribution in [3.8, 4) is 22.9 Å². The quantitative estimate of drug-likeness (QED) is 0.405. The highest BCUT2D eigenvalue weighted by atomic mass is 16.5. The molecule has 0 unspecified atom stereocenters. The van der Waals surface area contributed by atoms with Crippen molar-refractivity contribution in [2.75, 3.05) is 5.32 Å². The Morgan fingerprint density at radius 1 is 0.806 bits per heavy atom. The number of ether oxygens (including phenoxy) is 1. The zero-order valence-corrected chi connectivity index (χ0v) is 17.4. The third kappa shape index (κ3) is 5.14. The molecule has 0 aliphatic carbocycles. The number of nitrogens with one attached hydrogen (secondary N) is 1. The van der Waals surface area contributed by atoms with Crippen LogP contribution in [0.15, 0.2) is 91.3 Å². The minimum absolute atomic E-state index is 0.147. The Morgan fingerprint density at radius 2 is 1.45 bits per heavy atom. The zero-order valence-electron chi connectivity index (χ0n) is 17.4. The van der Waals surface area contributed by atoms with Crippen molar-refractivity contribution in [3.05, 3.63) is 102 Å². The predicted molar refractivity (Wildman–Crippen MR) is 122 cm³/mol. The summed E-state index contributed by atoms with van der Waals surface area (Å²) in [5, 5.41) is 2.93. The van der Waals surface area contributed by atoms with Crippen LogP contribution < -0.4 is 10.1 Å². The number of carbonyl (C=O) groups excluding carboxylic acids is 1. The molecule has 5 nitrogen and oxygen atoms in total. The third-order valence-corrected chi connectivity index (χ3v) is 4.90. The minimum Gasteiger partial charge on any atom is -0.424 e. The molecule has 31 heavy (non-hydrogen) atoms. The summed E-state index contributed by atoms with van der Waals surface area (Å²) in [7, 11) is 0. The van der Waals surface area contributed by atoms with Crippen molar-refractivity contribution in [1.82, 2.24) is 9.97 Å². The summed E-state index contributed by atoms with van der Waals surface area (Å²) in [5.41, 5.74) is 4.37. The van der Waals surface area contributed by atoms with Gasteiger partial charge < -0.3 is 10.1 Å². The average Bonchev–Trinajstić information content (AvgIpc) is 2.81. The van der Waals surface area contributed by atoms with Crippen LogP contribution in [0, 0.1) is 0 Å². The maximum atomic E-state index is 12.5. The van der Waals surface area contributed by atoms with Crippen LogP contribution in [0.25, 0.3) is 11.1 Å². The molecule has 1 aromatic heterocycles. The van der Waals surface area contributed by atoms with Gasteiger partial charge in [-0.1, -0.05) is 56.3 Å². The summed E-state index contributed by atoms with van der Waals surface area (Å²) in [5.74, 6) is 0.997. The van der Waals surface area contributed by atoms with Gasteiger partial charge in [0.2, 0.25) is 0 Å². The molecule has 0 atom stereocenters. The Labute approximate surface area is 181 Å². The van der Waals surface area contributed by atoms with Crippen molar-refractivity contribution in [3.63, 3.8) is 0 Å². The smallest absolute Gasteiger partial charge is 0.321 e. The van der Waals surface area contributed by atoms with Crippen LogP contribution >= 0.6 is 0 Å². The molecule has 0 spiro atoms. The van der Waals surface area contributed by atoms with Crippen LogP contribution in [0.5, 0.6) is 11.8 Å². The molecule has 1 amide bonds. The minimum atomic E-state index is -0.147. The van der Waals surface area contributed by atoms with Crippen LogP contribution in [0.3, 0.4) is 0 Å². The second-order valence-corrected chi connectivity index (χ2v) is 7.48. The zero-order chi connectivity index (χ0) is 21.6. The van der Waals surface area contributed by atoms with E-state index in [0.29, 0.717) is 17.2 Å². The maximum Gasteiger partial charge on any atom is 0.321 e. The monoisotopic (exact) mass is 409 g/mol. The summed E-state index contributed by atoms with van der Waals surface area (Å²) in [6.07, 6.45) is 3.41. The first-order chi connectivity index (χ1) is 15.1. The SMILES string of the molecule is CC(C)c1ccc(NC(=O)c2ccc(-c3cnc(Oc4ccccc4)nc3)cc2)cc1. The van der Waals surface area contributed by atoms with Crippen molar-refractivity contribution in [2.45, 2.75) is 19.8 Å². The molecule has 0 aliphatic heterocycles. The van der Waals surface area contributed by atoms with E-state index in [-0.39, 0.29) is 11.9 Å². The molecule has 1 N–H and O–H groups in total. The standard InChI is InChI=1S/C26H23N3O2/c1-18(2)19-12-14-23(15-13-19)29-25(30)21-10-8-20(9-11-21)22-16-27-26(28-17-22)31-24-6-4-3-5-7-24/h3-18H,1-2H3,(H,29,30). The summed E-state index contributed by atoms with van der Waals surface area (Å²) >= 11 is 0. The van der Waals surface area contributed by atoms with E-state index < -0.39 is 0 Å². The highest BCUT2D eigenvalue weighted by Crippen LogP contribution is 2.22. The molecular weight excluding hydrogens is 386 g/mol. The van der Waals surface area contributed by atoms with E-state index in [1.807, 2.05) is 66.7 Å². The molecule has 0 saturated carbocycles. The van der Waals surface area contributed by atoms with Gasteiger partial charge in [-0.3, -0.25) is 4.79 Å². The molecule has 0 fully saturated rings. The van der Waals surface area contributed by atoms with Crippen LogP contribution in [0.1, 0.15) is 35.7 Å². The highest BCUT2D eigenvalue weighted by molar-refractivity contribution is 6.04. The fourth-order valence-corrected chi connectivity index (χ4v) is 3.08. The number of anilines is 1. The van der Waals surface area contributed by atoms with E-state index in [2.05, 4.69) is 29.1 Å². The molecule has 0 aliphatic rings. The molecule has 3 aromatic carbocycles. The van der Waals surface area contributed by atoms with Gasteiger partial charge in [-0.25, -0.2) is 9.97 Å². The molecule has 4 aromatic rings. The number of para-hydroxylation sites is 1. The fraction of sp³-hybridized carbons (Fsp3) is 0.115. The van der Waals surface area contributed by atoms with Crippen LogP contribution in [0.2, 0.25) is 0 Å². The lowest BCUT2D eigenvalue weighted by molar-refractivity contribution is 0.102. The number of hydrogen-bond acceptors (Lipinski definition) is 4. The van der Waals surface area contributed by atoms with Gasteiger partial charge in [0.15, 0.2) is 0 Å². The molecular formula is C26H23N3O2. The Hall–Kier alpha value is -3.99. The second-order valence-electron chi connectivity index (χ2n) is 7.48. The molecule has 0 bridgehead atoms. The van der Waals surface area contributed by atoms with Gasteiger partial charge in [0, 0.05) is 29.2 Å². The van der Waals surface area contributed by atoms with E-state index in [9.17, 15) is 4.79 Å². The van der Waals surface area contributed by atoms with E-state index in [0.717, 1.165) is 16.8 Å². The number of hydrogen-bond donors (Lipinski definition) is 1. The lowest BCUT2D eigenvalue weighted by Gasteiger charge is -2.09. The number of nitrogens with zero attached hydrogens (tertiary/aromatic N) is 2. The van der Waals surface area contributed by atoms with Gasteiger partial charge in [0.05, 0.1) is 0 Å². The van der Waals surface area contributed by atoms with Gasteiger partial charge in [-0.05, 0) is 53.4 Å². The van der Waals surface area contributed by atoms with Gasteiger partial charge >= 0.3 is 6.01 Å². The first-order valence-electron chi connectivity index (χ1n) is 10.2. The van der Waals surface area contributed by atoms with E-state index in [1.165, 1.54) is 5.56 Å². The Kier molecular flexibility index (Phi) is 6.03. The van der Waals surface area contributed by atoms with Gasteiger partial charge in [-0.2, -0.15) is 0 Å². The second kappa shape index (κ2) is 9.22. The van der Waals surface area contributed by atoms with E-state index in [4.69, 9.17) is 4.74 Å². The number of amides is 1. The third-order valence-electron chi connectivity index (χ3n) is 4.90. The van der Waals surface area contributed by atoms with Crippen molar-refractivity contribution in [2.24, 2.45) is 0 Å². The summed E-state index contributed by atoms with van der Waals surface area (Å²) in [4.78, 5) is 21.1. The maximum absolute atomic E-state index is 12.5. The molecule has 0 saturated heterocycles. The number of rotatable bonds is 6. The van der Waals surface area contributed by atoms with Gasteiger partial charge in [-0.15, -0.1) is 0 Å². The Bertz CT molecular complexity index is 1140. The number of benzene rings is 3. The summed E-state index contributed by atoms with van der Waals surface area (Å²) < 4.78 is 5.62. The largest absolute Gasteiger partial charge is 0.424 e. The Morgan fingerprint density at radius 3 is 2.06 bits per heavy atom. The highest BCUT2D eigenvalue weighted by Gasteiger charge is 2.08.